The number of benzene rings is 9. The molecule has 12 rings (SSSR count). The molecule has 2 atom stereocenters. The molecule has 3 aliphatic rings. The second kappa shape index (κ2) is 14.8. The lowest BCUT2D eigenvalue weighted by Gasteiger charge is -2.33. The van der Waals surface area contributed by atoms with Crippen LogP contribution in [-0.2, 0) is 10.8 Å². The zero-order chi connectivity index (χ0) is 42.1. The molecule has 1 heteroatoms. The maximum atomic E-state index is 2.57. The third-order valence-electron chi connectivity index (χ3n) is 15.2. The second-order valence-corrected chi connectivity index (χ2v) is 18.5. The molecular weight excluding hydrogens is 759 g/mol. The third kappa shape index (κ3) is 5.75. The predicted octanol–water partition coefficient (Wildman–Crippen LogP) is 16.7. The van der Waals surface area contributed by atoms with E-state index in [0.717, 1.165) is 11.4 Å². The zero-order valence-corrected chi connectivity index (χ0v) is 36.2. The van der Waals surface area contributed by atoms with Gasteiger partial charge in [-0.05, 0) is 140 Å². The van der Waals surface area contributed by atoms with Crippen LogP contribution in [0.5, 0.6) is 0 Å². The zero-order valence-electron chi connectivity index (χ0n) is 36.2. The Morgan fingerprint density at radius 3 is 1.41 bits per heavy atom. The molecule has 0 aliphatic heterocycles. The van der Waals surface area contributed by atoms with Gasteiger partial charge in [-0.1, -0.05) is 195 Å². The fourth-order valence-corrected chi connectivity index (χ4v) is 12.1. The number of hydrogen-bond donors (Lipinski definition) is 0. The summed E-state index contributed by atoms with van der Waals surface area (Å²) < 4.78 is 0. The highest BCUT2D eigenvalue weighted by molar-refractivity contribution is 6.04. The van der Waals surface area contributed by atoms with Crippen molar-refractivity contribution in [1.29, 1.82) is 0 Å². The van der Waals surface area contributed by atoms with Gasteiger partial charge in [0.25, 0.3) is 0 Å². The van der Waals surface area contributed by atoms with Gasteiger partial charge in [-0.2, -0.15) is 0 Å². The summed E-state index contributed by atoms with van der Waals surface area (Å²) in [6, 6.07) is 78.0. The van der Waals surface area contributed by atoms with E-state index in [1.807, 2.05) is 0 Å². The monoisotopic (exact) mass is 809 g/mol. The van der Waals surface area contributed by atoms with Crippen LogP contribution >= 0.6 is 0 Å². The minimum Gasteiger partial charge on any atom is -0.310 e. The van der Waals surface area contributed by atoms with Crippen LogP contribution in [-0.4, -0.2) is 0 Å². The molecule has 3 aliphatic carbocycles. The Morgan fingerprint density at radius 1 is 0.381 bits per heavy atom. The van der Waals surface area contributed by atoms with E-state index in [-0.39, 0.29) is 10.8 Å². The SMILES string of the molecule is CC1(c2ccccc2)c2ccccc2-c2ccc(N(c3ccc4c(c3)C(C)(c3ccccc3)c3ccccc3-4)c3ccccc3-c3cccc4cccc(C5CCCCC5)c34)cc21. The highest BCUT2D eigenvalue weighted by Crippen LogP contribution is 2.57. The molecule has 63 heavy (non-hydrogen) atoms. The van der Waals surface area contributed by atoms with Crippen molar-refractivity contribution in [2.45, 2.75) is 62.7 Å². The molecule has 0 amide bonds. The highest BCUT2D eigenvalue weighted by atomic mass is 15.1. The van der Waals surface area contributed by atoms with Crippen molar-refractivity contribution in [1.82, 2.24) is 0 Å². The molecule has 1 fully saturated rings. The average molecular weight is 810 g/mol. The van der Waals surface area contributed by atoms with Crippen LogP contribution in [0.1, 0.15) is 90.8 Å². The first kappa shape index (κ1) is 37.8. The van der Waals surface area contributed by atoms with E-state index >= 15 is 0 Å². The summed E-state index contributed by atoms with van der Waals surface area (Å²) in [5.41, 5.74) is 20.1. The Balaban J connectivity index is 1.12. The number of hydrogen-bond acceptors (Lipinski definition) is 1. The van der Waals surface area contributed by atoms with Gasteiger partial charge >= 0.3 is 0 Å². The van der Waals surface area contributed by atoms with Gasteiger partial charge in [-0.15, -0.1) is 0 Å². The third-order valence-corrected chi connectivity index (χ3v) is 15.2. The van der Waals surface area contributed by atoms with Crippen molar-refractivity contribution in [2.75, 3.05) is 4.90 Å². The van der Waals surface area contributed by atoms with Crippen molar-refractivity contribution in [3.8, 4) is 33.4 Å². The average Bonchev–Trinajstić information content (AvgIpc) is 3.77. The summed E-state index contributed by atoms with van der Waals surface area (Å²) in [6.45, 7) is 4.85. The van der Waals surface area contributed by atoms with E-state index < -0.39 is 0 Å². The molecule has 304 valence electrons. The molecule has 0 aromatic heterocycles. The van der Waals surface area contributed by atoms with E-state index in [2.05, 4.69) is 225 Å². The van der Waals surface area contributed by atoms with Gasteiger partial charge in [0, 0.05) is 27.8 Å². The summed E-state index contributed by atoms with van der Waals surface area (Å²) >= 11 is 0. The van der Waals surface area contributed by atoms with Crippen LogP contribution in [0, 0.1) is 0 Å². The first-order valence-corrected chi connectivity index (χ1v) is 23.0. The molecule has 0 bridgehead atoms. The quantitative estimate of drug-likeness (QED) is 0.155. The normalized spacial score (nSPS) is 18.7. The molecule has 0 heterocycles. The Bertz CT molecular complexity index is 3040. The minimum absolute atomic E-state index is 0.329. The molecule has 0 N–H and O–H groups in total. The van der Waals surface area contributed by atoms with Gasteiger partial charge in [0.15, 0.2) is 0 Å². The molecule has 0 saturated heterocycles. The van der Waals surface area contributed by atoms with Gasteiger partial charge in [-0.3, -0.25) is 0 Å². The molecule has 9 aromatic carbocycles. The molecule has 1 nitrogen and oxygen atoms in total. The summed E-state index contributed by atoms with van der Waals surface area (Å²) in [5, 5.41) is 2.72. The number of nitrogens with zero attached hydrogens (tertiary/aromatic N) is 1. The van der Waals surface area contributed by atoms with E-state index in [0.29, 0.717) is 5.92 Å². The van der Waals surface area contributed by atoms with Crippen LogP contribution in [0.3, 0.4) is 0 Å². The lowest BCUT2D eigenvalue weighted by Crippen LogP contribution is -2.23. The van der Waals surface area contributed by atoms with Crippen molar-refractivity contribution >= 4 is 27.8 Å². The second-order valence-electron chi connectivity index (χ2n) is 18.5. The predicted molar refractivity (Wildman–Crippen MR) is 265 cm³/mol. The summed E-state index contributed by atoms with van der Waals surface area (Å²) in [7, 11) is 0. The van der Waals surface area contributed by atoms with Gasteiger partial charge < -0.3 is 4.90 Å². The van der Waals surface area contributed by atoms with Crippen molar-refractivity contribution in [3.05, 3.63) is 245 Å². The minimum atomic E-state index is -0.329. The smallest absolute Gasteiger partial charge is 0.0540 e. The molecule has 2 unspecified atom stereocenters. The van der Waals surface area contributed by atoms with E-state index in [9.17, 15) is 0 Å². The topological polar surface area (TPSA) is 3.24 Å². The first-order valence-electron chi connectivity index (χ1n) is 23.0. The Labute approximate surface area is 372 Å². The molecular formula is C62H51N. The Morgan fingerprint density at radius 2 is 0.841 bits per heavy atom. The highest BCUT2D eigenvalue weighted by Gasteiger charge is 2.43. The number of fused-ring (bicyclic) bond motifs is 7. The number of para-hydroxylation sites is 1. The fourth-order valence-electron chi connectivity index (χ4n) is 12.1. The van der Waals surface area contributed by atoms with Crippen LogP contribution in [0.2, 0.25) is 0 Å². The largest absolute Gasteiger partial charge is 0.310 e. The standard InChI is InChI=1S/C62H51N/c1-61(44-24-8-4-9-25-44)55-33-15-12-28-49(55)51-38-36-46(40-57(51)61)63(47-37-39-52-50-29-13-16-34-56(50)62(2,58(52)41-47)45-26-10-5-11-27-45)59-35-17-14-30-53(59)54-32-19-23-43-22-18-31-48(60(43)54)42-20-6-3-7-21-42/h4-5,8-19,22-42H,3,6-7,20-21H2,1-2H3. The van der Waals surface area contributed by atoms with Crippen molar-refractivity contribution in [2.24, 2.45) is 0 Å². The Kier molecular flexibility index (Phi) is 8.90. The van der Waals surface area contributed by atoms with Crippen LogP contribution in [0.25, 0.3) is 44.2 Å². The maximum absolute atomic E-state index is 2.57. The van der Waals surface area contributed by atoms with Crippen LogP contribution in [0.4, 0.5) is 17.1 Å². The van der Waals surface area contributed by atoms with Crippen molar-refractivity contribution in [3.63, 3.8) is 0 Å². The van der Waals surface area contributed by atoms with Gasteiger partial charge in [0.2, 0.25) is 0 Å². The Hall–Kier alpha value is -6.96. The van der Waals surface area contributed by atoms with Crippen LogP contribution < -0.4 is 4.90 Å². The summed E-state index contributed by atoms with van der Waals surface area (Å²) in [4.78, 5) is 2.57. The first-order chi connectivity index (χ1) is 31.0. The van der Waals surface area contributed by atoms with Crippen molar-refractivity contribution < 1.29 is 0 Å². The van der Waals surface area contributed by atoms with Gasteiger partial charge in [-0.25, -0.2) is 0 Å². The summed E-state index contributed by atoms with van der Waals surface area (Å²) in [6.07, 6.45) is 6.48. The van der Waals surface area contributed by atoms with E-state index in [1.165, 1.54) is 121 Å². The number of rotatable bonds is 7. The van der Waals surface area contributed by atoms with E-state index in [1.54, 1.807) is 0 Å². The molecule has 9 aromatic rings. The van der Waals surface area contributed by atoms with Gasteiger partial charge in [0.1, 0.15) is 0 Å². The lowest BCUT2D eigenvalue weighted by molar-refractivity contribution is 0.445. The lowest BCUT2D eigenvalue weighted by atomic mass is 9.74. The van der Waals surface area contributed by atoms with Crippen LogP contribution in [0.15, 0.2) is 206 Å². The van der Waals surface area contributed by atoms with E-state index in [4.69, 9.17) is 0 Å². The molecule has 0 spiro atoms. The number of anilines is 3. The maximum Gasteiger partial charge on any atom is 0.0540 e. The molecule has 0 radical (unpaired) electrons. The fraction of sp³-hybridized carbons (Fsp3) is 0.161. The molecule has 1 saturated carbocycles. The summed E-state index contributed by atoms with van der Waals surface area (Å²) in [5.74, 6) is 0.579. The van der Waals surface area contributed by atoms with Gasteiger partial charge in [0.05, 0.1) is 5.69 Å².